The van der Waals surface area contributed by atoms with E-state index in [9.17, 15) is 0 Å². The SMILES string of the molecule is CC(C)SC1CC(C(C)C)CCC1N. The van der Waals surface area contributed by atoms with E-state index < -0.39 is 0 Å². The summed E-state index contributed by atoms with van der Waals surface area (Å²) < 4.78 is 0. The number of hydrogen-bond donors (Lipinski definition) is 1. The number of hydrogen-bond acceptors (Lipinski definition) is 2. The monoisotopic (exact) mass is 215 g/mol. The molecule has 0 bridgehead atoms. The van der Waals surface area contributed by atoms with Crippen molar-refractivity contribution >= 4 is 11.8 Å². The van der Waals surface area contributed by atoms with Crippen molar-refractivity contribution in [1.29, 1.82) is 0 Å². The molecule has 0 heterocycles. The highest BCUT2D eigenvalue weighted by Gasteiger charge is 2.30. The third-order valence-corrected chi connectivity index (χ3v) is 4.71. The number of thioether (sulfide) groups is 1. The first-order chi connectivity index (χ1) is 6.50. The van der Waals surface area contributed by atoms with Crippen molar-refractivity contribution in [2.45, 2.75) is 63.5 Å². The highest BCUT2D eigenvalue weighted by Crippen LogP contribution is 2.36. The molecule has 1 saturated carbocycles. The van der Waals surface area contributed by atoms with Gasteiger partial charge in [-0.05, 0) is 36.3 Å². The molecule has 1 nitrogen and oxygen atoms in total. The van der Waals surface area contributed by atoms with Gasteiger partial charge in [-0.3, -0.25) is 0 Å². The Morgan fingerprint density at radius 3 is 2.29 bits per heavy atom. The Labute approximate surface area is 93.2 Å². The summed E-state index contributed by atoms with van der Waals surface area (Å²) in [4.78, 5) is 0. The molecule has 0 aromatic carbocycles. The molecular formula is C12H25NS. The molecular weight excluding hydrogens is 190 g/mol. The van der Waals surface area contributed by atoms with E-state index in [1.807, 2.05) is 0 Å². The van der Waals surface area contributed by atoms with Gasteiger partial charge in [0, 0.05) is 11.3 Å². The van der Waals surface area contributed by atoms with Gasteiger partial charge in [-0.15, -0.1) is 0 Å². The molecule has 1 fully saturated rings. The van der Waals surface area contributed by atoms with E-state index in [0.29, 0.717) is 11.3 Å². The molecule has 0 aromatic rings. The van der Waals surface area contributed by atoms with E-state index in [1.54, 1.807) is 0 Å². The Balaban J connectivity index is 2.46. The molecule has 0 saturated heterocycles. The molecule has 84 valence electrons. The fourth-order valence-corrected chi connectivity index (χ4v) is 3.69. The van der Waals surface area contributed by atoms with Crippen LogP contribution in [0.3, 0.4) is 0 Å². The molecule has 0 spiro atoms. The third-order valence-electron chi connectivity index (χ3n) is 3.27. The van der Waals surface area contributed by atoms with Crippen LogP contribution in [0, 0.1) is 11.8 Å². The van der Waals surface area contributed by atoms with Crippen molar-refractivity contribution in [3.8, 4) is 0 Å². The van der Waals surface area contributed by atoms with Crippen LogP contribution in [0.4, 0.5) is 0 Å². The van der Waals surface area contributed by atoms with Crippen molar-refractivity contribution in [1.82, 2.24) is 0 Å². The summed E-state index contributed by atoms with van der Waals surface area (Å²) >= 11 is 2.08. The maximum Gasteiger partial charge on any atom is 0.0204 e. The fraction of sp³-hybridized carbons (Fsp3) is 1.00. The van der Waals surface area contributed by atoms with Gasteiger partial charge in [0.2, 0.25) is 0 Å². The number of nitrogens with two attached hydrogens (primary N) is 1. The van der Waals surface area contributed by atoms with Crippen molar-refractivity contribution in [2.24, 2.45) is 17.6 Å². The van der Waals surface area contributed by atoms with Gasteiger partial charge in [0.25, 0.3) is 0 Å². The highest BCUT2D eigenvalue weighted by molar-refractivity contribution is 8.00. The van der Waals surface area contributed by atoms with E-state index >= 15 is 0 Å². The fourth-order valence-electron chi connectivity index (χ4n) is 2.30. The molecule has 0 radical (unpaired) electrons. The summed E-state index contributed by atoms with van der Waals surface area (Å²) in [7, 11) is 0. The van der Waals surface area contributed by atoms with Gasteiger partial charge in [-0.2, -0.15) is 11.8 Å². The predicted molar refractivity (Wildman–Crippen MR) is 66.7 cm³/mol. The quantitative estimate of drug-likeness (QED) is 0.782. The third kappa shape index (κ3) is 3.47. The van der Waals surface area contributed by atoms with Crippen molar-refractivity contribution < 1.29 is 0 Å². The maximum absolute atomic E-state index is 6.17. The van der Waals surface area contributed by atoms with Gasteiger partial charge in [0.15, 0.2) is 0 Å². The first-order valence-electron chi connectivity index (χ1n) is 5.91. The molecule has 3 atom stereocenters. The van der Waals surface area contributed by atoms with E-state index in [2.05, 4.69) is 39.5 Å². The first-order valence-corrected chi connectivity index (χ1v) is 6.86. The molecule has 1 rings (SSSR count). The van der Waals surface area contributed by atoms with Crippen LogP contribution in [0.15, 0.2) is 0 Å². The second-order valence-electron chi connectivity index (χ2n) is 5.20. The smallest absolute Gasteiger partial charge is 0.0204 e. The van der Waals surface area contributed by atoms with Gasteiger partial charge in [0.1, 0.15) is 0 Å². The largest absolute Gasteiger partial charge is 0.327 e. The number of rotatable bonds is 3. The molecule has 3 unspecified atom stereocenters. The molecule has 1 aliphatic rings. The summed E-state index contributed by atoms with van der Waals surface area (Å²) in [5, 5.41) is 1.42. The second kappa shape index (κ2) is 5.41. The summed E-state index contributed by atoms with van der Waals surface area (Å²) in [6.07, 6.45) is 3.91. The lowest BCUT2D eigenvalue weighted by atomic mass is 9.79. The van der Waals surface area contributed by atoms with Crippen LogP contribution in [-0.4, -0.2) is 16.5 Å². The Bertz CT molecular complexity index is 168. The average molecular weight is 215 g/mol. The Morgan fingerprint density at radius 1 is 1.14 bits per heavy atom. The molecule has 0 aliphatic heterocycles. The van der Waals surface area contributed by atoms with Crippen LogP contribution >= 0.6 is 11.8 Å². The summed E-state index contributed by atoms with van der Waals surface area (Å²) in [5.41, 5.74) is 6.17. The minimum atomic E-state index is 0.442. The summed E-state index contributed by atoms with van der Waals surface area (Å²) in [6, 6.07) is 0.442. The van der Waals surface area contributed by atoms with Crippen LogP contribution in [-0.2, 0) is 0 Å². The van der Waals surface area contributed by atoms with Crippen molar-refractivity contribution in [3.05, 3.63) is 0 Å². The molecule has 0 amide bonds. The van der Waals surface area contributed by atoms with E-state index in [4.69, 9.17) is 5.73 Å². The highest BCUT2D eigenvalue weighted by atomic mass is 32.2. The molecule has 1 aliphatic carbocycles. The van der Waals surface area contributed by atoms with Gasteiger partial charge < -0.3 is 5.73 Å². The van der Waals surface area contributed by atoms with Crippen molar-refractivity contribution in [3.63, 3.8) is 0 Å². The lowest BCUT2D eigenvalue weighted by molar-refractivity contribution is 0.266. The average Bonchev–Trinajstić information content (AvgIpc) is 2.07. The maximum atomic E-state index is 6.17. The molecule has 0 aromatic heterocycles. The van der Waals surface area contributed by atoms with E-state index in [1.165, 1.54) is 19.3 Å². The van der Waals surface area contributed by atoms with E-state index in [0.717, 1.165) is 17.1 Å². The Hall–Kier alpha value is 0.310. The van der Waals surface area contributed by atoms with Gasteiger partial charge in [-0.1, -0.05) is 27.7 Å². The van der Waals surface area contributed by atoms with Crippen LogP contribution in [0.25, 0.3) is 0 Å². The molecule has 2 heteroatoms. The normalized spacial score (nSPS) is 34.1. The minimum absolute atomic E-state index is 0.442. The van der Waals surface area contributed by atoms with Gasteiger partial charge in [-0.25, -0.2) is 0 Å². The Kier molecular flexibility index (Phi) is 4.78. The van der Waals surface area contributed by atoms with Crippen LogP contribution in [0.2, 0.25) is 0 Å². The lowest BCUT2D eigenvalue weighted by Gasteiger charge is -2.36. The van der Waals surface area contributed by atoms with Gasteiger partial charge in [0.05, 0.1) is 0 Å². The van der Waals surface area contributed by atoms with Crippen LogP contribution in [0.5, 0.6) is 0 Å². The zero-order valence-electron chi connectivity index (χ0n) is 9.99. The molecule has 14 heavy (non-hydrogen) atoms. The Morgan fingerprint density at radius 2 is 1.79 bits per heavy atom. The standard InChI is InChI=1S/C12H25NS/c1-8(2)10-5-6-11(13)12(7-10)14-9(3)4/h8-12H,5-7,13H2,1-4H3. The summed E-state index contributed by atoms with van der Waals surface area (Å²) in [6.45, 7) is 9.24. The van der Waals surface area contributed by atoms with Crippen LogP contribution < -0.4 is 5.73 Å². The zero-order valence-corrected chi connectivity index (χ0v) is 10.8. The first kappa shape index (κ1) is 12.4. The van der Waals surface area contributed by atoms with Gasteiger partial charge >= 0.3 is 0 Å². The predicted octanol–water partition coefficient (Wildman–Crippen LogP) is 3.28. The van der Waals surface area contributed by atoms with E-state index in [-0.39, 0.29) is 0 Å². The second-order valence-corrected chi connectivity index (χ2v) is 7.02. The van der Waals surface area contributed by atoms with Crippen molar-refractivity contribution in [2.75, 3.05) is 0 Å². The topological polar surface area (TPSA) is 26.0 Å². The lowest BCUT2D eigenvalue weighted by Crippen LogP contribution is -2.40. The zero-order chi connectivity index (χ0) is 10.7. The van der Waals surface area contributed by atoms with Crippen LogP contribution in [0.1, 0.15) is 47.0 Å². The minimum Gasteiger partial charge on any atom is -0.327 e. The summed E-state index contributed by atoms with van der Waals surface area (Å²) in [5.74, 6) is 1.74. The molecule has 2 N–H and O–H groups in total.